The van der Waals surface area contributed by atoms with E-state index in [2.05, 4.69) is 26.7 Å². The Morgan fingerprint density at radius 3 is 2.65 bits per heavy atom. The van der Waals surface area contributed by atoms with E-state index in [9.17, 15) is 0 Å². The van der Waals surface area contributed by atoms with Crippen molar-refractivity contribution in [2.45, 2.75) is 38.6 Å². The molecular weight excluding hydrogens is 250 g/mol. The van der Waals surface area contributed by atoms with Crippen molar-refractivity contribution in [3.8, 4) is 0 Å². The van der Waals surface area contributed by atoms with Crippen molar-refractivity contribution in [3.05, 3.63) is 17.6 Å². The summed E-state index contributed by atoms with van der Waals surface area (Å²) >= 11 is 0. The highest BCUT2D eigenvalue weighted by atomic mass is 15.3. The van der Waals surface area contributed by atoms with Crippen LogP contribution in [0.4, 0.5) is 5.82 Å². The van der Waals surface area contributed by atoms with Crippen molar-refractivity contribution < 1.29 is 0 Å². The van der Waals surface area contributed by atoms with Gasteiger partial charge in [-0.25, -0.2) is 9.97 Å². The Kier molecular flexibility index (Phi) is 4.17. The minimum absolute atomic E-state index is 0.483. The number of aromatic nitrogens is 2. The lowest BCUT2D eigenvalue weighted by Crippen LogP contribution is -2.51. The molecule has 0 spiro atoms. The molecule has 1 unspecified atom stereocenters. The molecule has 0 aromatic carbocycles. The van der Waals surface area contributed by atoms with E-state index in [1.54, 1.807) is 6.33 Å². The van der Waals surface area contributed by atoms with Gasteiger partial charge in [-0.05, 0) is 32.6 Å². The molecule has 0 radical (unpaired) electrons. The van der Waals surface area contributed by atoms with Crippen LogP contribution in [0.3, 0.4) is 0 Å². The topological polar surface area (TPSA) is 58.3 Å². The van der Waals surface area contributed by atoms with Gasteiger partial charge in [0.25, 0.3) is 0 Å². The van der Waals surface area contributed by atoms with Gasteiger partial charge in [0.05, 0.1) is 0 Å². The standard InChI is InChI=1S/C15H25N5/c1-12(10-16)19-6-8-20(9-7-19)15-13-4-2-3-5-14(13)17-11-18-15/h11-12H,2-10,16H2,1H3. The summed E-state index contributed by atoms with van der Waals surface area (Å²) in [7, 11) is 0. The molecule has 1 saturated heterocycles. The van der Waals surface area contributed by atoms with Gasteiger partial charge in [0.2, 0.25) is 0 Å². The molecule has 20 heavy (non-hydrogen) atoms. The third-order valence-corrected chi connectivity index (χ3v) is 4.68. The number of nitrogens with two attached hydrogens (primary N) is 1. The van der Waals surface area contributed by atoms with Gasteiger partial charge in [-0.1, -0.05) is 0 Å². The van der Waals surface area contributed by atoms with Crippen molar-refractivity contribution >= 4 is 5.82 Å². The number of nitrogens with zero attached hydrogens (tertiary/aromatic N) is 4. The van der Waals surface area contributed by atoms with Gasteiger partial charge in [-0.3, -0.25) is 4.90 Å². The maximum absolute atomic E-state index is 5.76. The molecule has 1 aliphatic heterocycles. The van der Waals surface area contributed by atoms with Crippen LogP contribution in [0.15, 0.2) is 6.33 Å². The quantitative estimate of drug-likeness (QED) is 0.885. The summed E-state index contributed by atoms with van der Waals surface area (Å²) in [5, 5.41) is 0. The van der Waals surface area contributed by atoms with Gasteiger partial charge in [0, 0.05) is 50.0 Å². The monoisotopic (exact) mass is 275 g/mol. The lowest BCUT2D eigenvalue weighted by molar-refractivity contribution is 0.201. The van der Waals surface area contributed by atoms with Gasteiger partial charge >= 0.3 is 0 Å². The lowest BCUT2D eigenvalue weighted by Gasteiger charge is -2.39. The molecule has 1 atom stereocenters. The summed E-state index contributed by atoms with van der Waals surface area (Å²) in [5.74, 6) is 1.19. The number of fused-ring (bicyclic) bond motifs is 1. The molecular formula is C15H25N5. The molecule has 1 fully saturated rings. The van der Waals surface area contributed by atoms with E-state index in [0.29, 0.717) is 6.04 Å². The van der Waals surface area contributed by atoms with Crippen LogP contribution in [0.1, 0.15) is 31.0 Å². The van der Waals surface area contributed by atoms with Crippen LogP contribution in [-0.2, 0) is 12.8 Å². The fraction of sp³-hybridized carbons (Fsp3) is 0.733. The van der Waals surface area contributed by atoms with Crippen LogP contribution in [0.5, 0.6) is 0 Å². The largest absolute Gasteiger partial charge is 0.354 e. The molecule has 2 aliphatic rings. The first kappa shape index (κ1) is 13.8. The third kappa shape index (κ3) is 2.65. The smallest absolute Gasteiger partial charge is 0.135 e. The predicted molar refractivity (Wildman–Crippen MR) is 81.0 cm³/mol. The second-order valence-corrected chi connectivity index (χ2v) is 5.94. The Hall–Kier alpha value is -1.20. The summed E-state index contributed by atoms with van der Waals surface area (Å²) in [6.45, 7) is 7.21. The van der Waals surface area contributed by atoms with Crippen molar-refractivity contribution in [1.29, 1.82) is 0 Å². The summed E-state index contributed by atoms with van der Waals surface area (Å²) in [4.78, 5) is 14.0. The Balaban J connectivity index is 1.72. The Morgan fingerprint density at radius 2 is 1.90 bits per heavy atom. The fourth-order valence-corrected chi connectivity index (χ4v) is 3.30. The minimum atomic E-state index is 0.483. The molecule has 1 aromatic heterocycles. The number of anilines is 1. The van der Waals surface area contributed by atoms with Crippen LogP contribution in [0.2, 0.25) is 0 Å². The molecule has 2 N–H and O–H groups in total. The average molecular weight is 275 g/mol. The van der Waals surface area contributed by atoms with Crippen LogP contribution in [0, 0.1) is 0 Å². The molecule has 0 bridgehead atoms. The molecule has 5 heteroatoms. The second kappa shape index (κ2) is 6.06. The van der Waals surface area contributed by atoms with E-state index >= 15 is 0 Å². The molecule has 3 rings (SSSR count). The predicted octanol–water partition coefficient (Wildman–Crippen LogP) is 0.825. The Bertz CT molecular complexity index is 454. The van der Waals surface area contributed by atoms with Gasteiger partial charge < -0.3 is 10.6 Å². The van der Waals surface area contributed by atoms with Crippen LogP contribution < -0.4 is 10.6 Å². The van der Waals surface area contributed by atoms with E-state index in [-0.39, 0.29) is 0 Å². The van der Waals surface area contributed by atoms with E-state index in [0.717, 1.165) is 45.6 Å². The Labute approximate surface area is 121 Å². The van der Waals surface area contributed by atoms with Crippen molar-refractivity contribution in [1.82, 2.24) is 14.9 Å². The van der Waals surface area contributed by atoms with E-state index in [1.165, 1.54) is 29.9 Å². The van der Waals surface area contributed by atoms with Gasteiger partial charge in [-0.2, -0.15) is 0 Å². The zero-order valence-electron chi connectivity index (χ0n) is 12.4. The number of hydrogen-bond acceptors (Lipinski definition) is 5. The van der Waals surface area contributed by atoms with Crippen molar-refractivity contribution in [2.24, 2.45) is 5.73 Å². The van der Waals surface area contributed by atoms with Crippen LogP contribution >= 0.6 is 0 Å². The summed E-state index contributed by atoms with van der Waals surface area (Å²) < 4.78 is 0. The van der Waals surface area contributed by atoms with Gasteiger partial charge in [0.15, 0.2) is 0 Å². The van der Waals surface area contributed by atoms with Crippen molar-refractivity contribution in [3.63, 3.8) is 0 Å². The average Bonchev–Trinajstić information content (AvgIpc) is 2.54. The van der Waals surface area contributed by atoms with E-state index in [4.69, 9.17) is 5.73 Å². The number of piperazine rings is 1. The number of hydrogen-bond donors (Lipinski definition) is 1. The van der Waals surface area contributed by atoms with E-state index < -0.39 is 0 Å². The minimum Gasteiger partial charge on any atom is -0.354 e. The third-order valence-electron chi connectivity index (χ3n) is 4.68. The highest BCUT2D eigenvalue weighted by molar-refractivity contribution is 5.50. The first-order chi connectivity index (χ1) is 9.79. The number of aryl methyl sites for hydroxylation is 1. The zero-order valence-corrected chi connectivity index (χ0v) is 12.4. The highest BCUT2D eigenvalue weighted by Gasteiger charge is 2.24. The highest BCUT2D eigenvalue weighted by Crippen LogP contribution is 2.27. The van der Waals surface area contributed by atoms with Crippen molar-refractivity contribution in [2.75, 3.05) is 37.6 Å². The molecule has 0 saturated carbocycles. The first-order valence-electron chi connectivity index (χ1n) is 7.81. The first-order valence-corrected chi connectivity index (χ1v) is 7.81. The van der Waals surface area contributed by atoms with Crippen LogP contribution in [-0.4, -0.2) is 53.6 Å². The maximum atomic E-state index is 5.76. The van der Waals surface area contributed by atoms with Gasteiger partial charge in [-0.15, -0.1) is 0 Å². The van der Waals surface area contributed by atoms with Gasteiger partial charge in [0.1, 0.15) is 12.1 Å². The second-order valence-electron chi connectivity index (χ2n) is 5.94. The molecule has 110 valence electrons. The van der Waals surface area contributed by atoms with E-state index in [1.807, 2.05) is 0 Å². The molecule has 1 aromatic rings. The summed E-state index contributed by atoms with van der Waals surface area (Å²) in [6, 6.07) is 0.483. The Morgan fingerprint density at radius 1 is 1.15 bits per heavy atom. The molecule has 0 amide bonds. The fourth-order valence-electron chi connectivity index (χ4n) is 3.30. The lowest BCUT2D eigenvalue weighted by atomic mass is 9.96. The maximum Gasteiger partial charge on any atom is 0.135 e. The van der Waals surface area contributed by atoms with Crippen LogP contribution in [0.25, 0.3) is 0 Å². The normalized spacial score (nSPS) is 21.6. The summed E-state index contributed by atoms with van der Waals surface area (Å²) in [5.41, 5.74) is 8.44. The molecule has 1 aliphatic carbocycles. The molecule has 2 heterocycles. The summed E-state index contributed by atoms with van der Waals surface area (Å²) in [6.07, 6.45) is 6.55. The SMILES string of the molecule is CC(CN)N1CCN(c2ncnc3c2CCCC3)CC1. The molecule has 5 nitrogen and oxygen atoms in total. The zero-order chi connectivity index (χ0) is 13.9. The number of rotatable bonds is 3.